The Labute approximate surface area is 388 Å². The van der Waals surface area contributed by atoms with Gasteiger partial charge >= 0.3 is 24.0 Å². The highest BCUT2D eigenvalue weighted by molar-refractivity contribution is 5.91. The first-order valence-electron chi connectivity index (χ1n) is 22.8. The number of aromatic nitrogens is 3. The molecule has 5 heterocycles. The Kier molecular flexibility index (Phi) is 17.1. The molecule has 0 radical (unpaired) electrons. The van der Waals surface area contributed by atoms with Crippen LogP contribution in [0.3, 0.4) is 0 Å². The number of aliphatic hydroxyl groups is 1. The van der Waals surface area contributed by atoms with Crippen LogP contribution in [-0.2, 0) is 47.6 Å². The van der Waals surface area contributed by atoms with Crippen LogP contribution in [0, 0.1) is 29.1 Å². The summed E-state index contributed by atoms with van der Waals surface area (Å²) in [5.74, 6) is -5.44. The van der Waals surface area contributed by atoms with Crippen molar-refractivity contribution in [1.29, 1.82) is 0 Å². The Morgan fingerprint density at radius 2 is 1.83 bits per heavy atom. The molecule has 3 aliphatic heterocycles. The zero-order valence-corrected chi connectivity index (χ0v) is 40.9. The minimum absolute atomic E-state index is 0.00649. The van der Waals surface area contributed by atoms with Crippen LogP contribution in [0.25, 0.3) is 11.3 Å². The Morgan fingerprint density at radius 1 is 1.12 bits per heavy atom. The molecule has 1 N–H and O–H groups in total. The van der Waals surface area contributed by atoms with Gasteiger partial charge in [-0.05, 0) is 86.0 Å². The van der Waals surface area contributed by atoms with Gasteiger partial charge < -0.3 is 47.8 Å². The topological polar surface area (TPSA) is 215 Å². The van der Waals surface area contributed by atoms with Gasteiger partial charge in [0.15, 0.2) is 18.0 Å². The number of likely N-dealkylation sites (N-methyl/N-ethyl adjacent to an activating group) is 1. The number of hydrogen-bond donors (Lipinski definition) is 1. The summed E-state index contributed by atoms with van der Waals surface area (Å²) < 4.78 is 39.1. The summed E-state index contributed by atoms with van der Waals surface area (Å²) in [7, 11) is 6.39. The lowest BCUT2D eigenvalue weighted by Crippen LogP contribution is -2.60. The number of nitrogens with zero attached hydrogens (tertiary/aromatic N) is 7. The molecule has 0 saturated carbocycles. The van der Waals surface area contributed by atoms with E-state index < -0.39 is 95.4 Å². The number of fused-ring (bicyclic) bond motifs is 1. The molecule has 3 fully saturated rings. The maximum atomic E-state index is 14.4. The van der Waals surface area contributed by atoms with E-state index in [-0.39, 0.29) is 31.0 Å². The van der Waals surface area contributed by atoms with Gasteiger partial charge in [0.25, 0.3) is 0 Å². The van der Waals surface area contributed by atoms with Crippen molar-refractivity contribution in [3.05, 3.63) is 37.1 Å². The van der Waals surface area contributed by atoms with Crippen LogP contribution in [0.5, 0.6) is 0 Å². The van der Waals surface area contributed by atoms with Gasteiger partial charge in [0.05, 0.1) is 60.5 Å². The third-order valence-electron chi connectivity index (χ3n) is 13.7. The molecule has 0 aromatic carbocycles. The lowest BCUT2D eigenvalue weighted by molar-refractivity contribution is -0.294. The third kappa shape index (κ3) is 10.9. The van der Waals surface area contributed by atoms with Crippen molar-refractivity contribution in [2.24, 2.45) is 39.3 Å². The average Bonchev–Trinajstić information content (AvgIpc) is 3.88. The van der Waals surface area contributed by atoms with Gasteiger partial charge in [0, 0.05) is 61.6 Å². The molecule has 19 nitrogen and oxygen atoms in total. The van der Waals surface area contributed by atoms with Crippen LogP contribution in [0.15, 0.2) is 47.3 Å². The molecule has 1 amide bonds. The highest BCUT2D eigenvalue weighted by Crippen LogP contribution is 2.46. The normalized spacial score (nSPS) is 35.8. The molecular formula is C47H71N7O12. The molecule has 0 spiro atoms. The number of imidazole rings is 1. The van der Waals surface area contributed by atoms with Crippen molar-refractivity contribution in [2.45, 2.75) is 155 Å². The van der Waals surface area contributed by atoms with Crippen LogP contribution in [-0.4, -0.2) is 148 Å². The summed E-state index contributed by atoms with van der Waals surface area (Å²) in [6.45, 7) is 17.3. The molecule has 66 heavy (non-hydrogen) atoms. The maximum absolute atomic E-state index is 14.4. The lowest BCUT2D eigenvalue weighted by Gasteiger charge is -2.48. The molecule has 15 atom stereocenters. The van der Waals surface area contributed by atoms with E-state index in [0.29, 0.717) is 18.6 Å². The van der Waals surface area contributed by atoms with E-state index in [2.05, 4.69) is 15.1 Å². The maximum Gasteiger partial charge on any atom is 0.431 e. The number of carbonyl (C=O) groups excluding carboxylic acids is 4. The summed E-state index contributed by atoms with van der Waals surface area (Å²) in [5, 5.41) is 22.7. The minimum atomic E-state index is -1.59. The molecule has 2 aromatic heterocycles. The summed E-state index contributed by atoms with van der Waals surface area (Å²) in [4.78, 5) is 71.6. The molecular weight excluding hydrogens is 855 g/mol. The van der Waals surface area contributed by atoms with Gasteiger partial charge in [0.1, 0.15) is 19.3 Å². The first-order chi connectivity index (χ1) is 31.1. The Hall–Kier alpha value is -4.98. The monoisotopic (exact) mass is 926 g/mol. The zero-order valence-electron chi connectivity index (χ0n) is 40.9. The quantitative estimate of drug-likeness (QED) is 0.118. The number of oxime groups is 1. The van der Waals surface area contributed by atoms with Crippen molar-refractivity contribution in [2.75, 3.05) is 28.3 Å². The number of rotatable bonds is 12. The number of hydrazone groups is 1. The van der Waals surface area contributed by atoms with E-state index >= 15 is 0 Å². The van der Waals surface area contributed by atoms with Crippen LogP contribution in [0.4, 0.5) is 4.79 Å². The van der Waals surface area contributed by atoms with E-state index in [1.807, 2.05) is 76.5 Å². The second-order valence-corrected chi connectivity index (χ2v) is 18.9. The number of methoxy groups -OCH3 is 1. The van der Waals surface area contributed by atoms with E-state index in [0.717, 1.165) is 11.3 Å². The summed E-state index contributed by atoms with van der Waals surface area (Å²) >= 11 is 0. The molecule has 366 valence electrons. The van der Waals surface area contributed by atoms with Crippen molar-refractivity contribution in [3.63, 3.8) is 0 Å². The average molecular weight is 926 g/mol. The zero-order chi connectivity index (χ0) is 48.8. The van der Waals surface area contributed by atoms with Crippen molar-refractivity contribution in [3.8, 4) is 11.3 Å². The molecule has 3 aliphatic rings. The van der Waals surface area contributed by atoms with Crippen LogP contribution >= 0.6 is 0 Å². The number of hydrogen-bond acceptors (Lipinski definition) is 17. The van der Waals surface area contributed by atoms with Crippen molar-refractivity contribution >= 4 is 35.9 Å². The van der Waals surface area contributed by atoms with E-state index in [1.54, 1.807) is 45.7 Å². The standard InChI is InChI=1S/C47H71N7O12/c1-15-36-47(10)40(54(45(59)66-47)50-20-18-27(3)53-24-34(49-25-53)33-17-16-19-48-23-33)29(5)37(51-61-14)26(2)22-46(9,44(58)60-13)41(30(6)38(56)31(7)42(57)64-36)65-43-39(63-32(8)55)35(52(11)12)21-28(4)62-43/h16-17,19-20,23-31,35-36,38-41,43,56H,15,18,21-22H2,1-14H3/b50-20+,51-37+/t26-,27-,28+,29+,30+,31-,35-,36-,38+,39+,40-,41+,43-,46+,47-/m1/s1. The predicted molar refractivity (Wildman–Crippen MR) is 243 cm³/mol. The predicted octanol–water partition coefficient (Wildman–Crippen LogP) is 5.66. The van der Waals surface area contributed by atoms with Gasteiger partial charge in [-0.1, -0.05) is 32.9 Å². The Bertz CT molecular complexity index is 2050. The van der Waals surface area contributed by atoms with Gasteiger partial charge in [-0.15, -0.1) is 0 Å². The SMILES string of the molecule is CC[C@H]1OC(=O)[C@H](C)[C@@H](O)[C@H](C)[C@H](O[C@H]2O[C@@H](C)C[C@@H](N(C)C)[C@@H]2OC(C)=O)[C@@](C)(C(=O)OC)C[C@@H](C)/C(=N\OC)[C@H](C)[C@H]2N(/N=C/C[C@@H](C)n3cnc(-c4cccnc4)c3)C(=O)O[C@]12C. The fourth-order valence-electron chi connectivity index (χ4n) is 10.1. The van der Waals surface area contributed by atoms with Crippen LogP contribution < -0.4 is 0 Å². The second-order valence-electron chi connectivity index (χ2n) is 18.9. The Morgan fingerprint density at radius 3 is 2.44 bits per heavy atom. The summed E-state index contributed by atoms with van der Waals surface area (Å²) in [6.07, 6.45) is 2.93. The molecule has 5 rings (SSSR count). The van der Waals surface area contributed by atoms with E-state index in [9.17, 15) is 24.3 Å². The Balaban J connectivity index is 1.59. The van der Waals surface area contributed by atoms with Gasteiger partial charge in [-0.3, -0.25) is 19.4 Å². The highest BCUT2D eigenvalue weighted by Gasteiger charge is 2.61. The number of ether oxygens (including phenoxy) is 6. The van der Waals surface area contributed by atoms with E-state index in [1.165, 1.54) is 33.1 Å². The molecule has 0 bridgehead atoms. The number of esters is 3. The number of aliphatic hydroxyl groups excluding tert-OH is 1. The smallest absolute Gasteiger partial charge is 0.431 e. The molecule has 3 saturated heterocycles. The number of amides is 1. The second kappa shape index (κ2) is 21.8. The number of carbonyl (C=O) groups is 4. The largest absolute Gasteiger partial charge is 0.469 e. The molecule has 19 heteroatoms. The van der Waals surface area contributed by atoms with Crippen molar-refractivity contribution in [1.82, 2.24) is 24.4 Å². The number of cyclic esters (lactones) is 1. The fraction of sp³-hybridized carbons (Fsp3) is 0.702. The summed E-state index contributed by atoms with van der Waals surface area (Å²) in [5.41, 5.74) is -1.02. The van der Waals surface area contributed by atoms with Crippen LogP contribution in [0.2, 0.25) is 0 Å². The van der Waals surface area contributed by atoms with Gasteiger partial charge in [-0.25, -0.2) is 9.78 Å². The number of pyridine rings is 1. The summed E-state index contributed by atoms with van der Waals surface area (Å²) in [6, 6.07) is 2.40. The minimum Gasteiger partial charge on any atom is -0.469 e. The van der Waals surface area contributed by atoms with Gasteiger partial charge in [-0.2, -0.15) is 10.1 Å². The molecule has 2 aromatic rings. The molecule has 0 aliphatic carbocycles. The van der Waals surface area contributed by atoms with Crippen molar-refractivity contribution < 1.29 is 57.5 Å². The van der Waals surface area contributed by atoms with E-state index in [4.69, 9.17) is 38.4 Å². The lowest BCUT2D eigenvalue weighted by atomic mass is 9.67. The third-order valence-corrected chi connectivity index (χ3v) is 13.7. The first kappa shape index (κ1) is 52.0. The fourth-order valence-corrected chi connectivity index (χ4v) is 10.1. The van der Waals surface area contributed by atoms with Gasteiger partial charge in [0.2, 0.25) is 0 Å². The molecule has 0 unspecified atom stereocenters. The highest BCUT2D eigenvalue weighted by atomic mass is 16.7. The van der Waals surface area contributed by atoms with Crippen LogP contribution in [0.1, 0.15) is 101 Å². The first-order valence-corrected chi connectivity index (χ1v) is 22.8.